The first-order chi connectivity index (χ1) is 69.8. The average molecular weight is 1810 g/mol. The smallest absolute Gasteiger partial charge is 0.227 e. The Bertz CT molecular complexity index is 9340. The van der Waals surface area contributed by atoms with E-state index in [0.29, 0.717) is 70.1 Å². The molecule has 0 spiro atoms. The molecule has 15 nitrogen and oxygen atoms in total. The number of fused-ring (bicyclic) bond motifs is 15. The summed E-state index contributed by atoms with van der Waals surface area (Å²) < 4.78 is 19.4. The Morgan fingerprint density at radius 3 is 0.603 bits per heavy atom. The van der Waals surface area contributed by atoms with E-state index in [1.54, 1.807) is 0 Å². The first-order valence-electron chi connectivity index (χ1n) is 46.7. The maximum Gasteiger partial charge on any atom is 0.227 e. The van der Waals surface area contributed by atoms with E-state index in [1.807, 2.05) is 243 Å². The van der Waals surface area contributed by atoms with Gasteiger partial charge in [-0.25, -0.2) is 59.8 Å². The molecule has 6 aromatic heterocycles. The molecule has 0 saturated heterocycles. The van der Waals surface area contributed by atoms with Crippen LogP contribution in [0.3, 0.4) is 0 Å². The fourth-order valence-electron chi connectivity index (χ4n) is 18.5. The van der Waals surface area contributed by atoms with Gasteiger partial charge in [0.2, 0.25) is 17.7 Å². The van der Waals surface area contributed by atoms with Crippen molar-refractivity contribution < 1.29 is 13.3 Å². The topological polar surface area (TPSA) is 194 Å². The zero-order valence-electron chi connectivity index (χ0n) is 75.6. The molecule has 15 heteroatoms. The van der Waals surface area contributed by atoms with Gasteiger partial charge in [-0.15, -0.1) is 0 Å². The molecule has 0 aliphatic heterocycles. The normalized spacial score (nSPS) is 11.4. The second kappa shape index (κ2) is 36.4. The second-order valence-corrected chi connectivity index (χ2v) is 34.5. The number of nitrogens with zero attached hydrogens (tertiary/aromatic N) is 12. The standard InChI is InChI=1S/3C42H26N4O/c1-4-11-29(12-5-1)39-44-40(30-13-6-2-7-14-30)46-41(45-39)34-18-10-17-32(25-34)33-22-20-27-19-21-28-23-24-36-38(37(28)35(27)26-33)47-42(43-36)31-15-8-3-9-16-31;1-4-11-27(12-5-1)32-17-10-18-33(25-32)40-44-39(30-13-6-2-7-14-30)45-41(46-40)34-22-20-28-19-21-29-23-24-36-38(37(29)35(28)26-34)47-42(43-36)31-15-8-3-9-16-31;1-4-10-27(11-5-1)28-16-21-32(22-17-28)40-44-39(31-12-6-2-7-13-31)45-41(46-40)34-23-19-29-18-20-30-24-25-36-38(37(30)35(29)26-34)47-42(43-36)33-14-8-3-9-15-33/h3*1-26H. The third kappa shape index (κ3) is 16.6. The van der Waals surface area contributed by atoms with Crippen LogP contribution in [0.15, 0.2) is 486 Å². The quantitative estimate of drug-likeness (QED) is 0.0879. The lowest BCUT2D eigenvalue weighted by atomic mass is 9.96. The molecule has 0 unspecified atom stereocenters. The summed E-state index contributed by atoms with van der Waals surface area (Å²) in [6.45, 7) is 0. The highest BCUT2D eigenvalue weighted by molar-refractivity contribution is 6.21. The van der Waals surface area contributed by atoms with Crippen LogP contribution in [0.4, 0.5) is 0 Å². The van der Waals surface area contributed by atoms with Gasteiger partial charge in [-0.2, -0.15) is 0 Å². The van der Waals surface area contributed by atoms with Crippen molar-refractivity contribution in [2.75, 3.05) is 0 Å². The Morgan fingerprint density at radius 1 is 0.121 bits per heavy atom. The van der Waals surface area contributed by atoms with Crippen LogP contribution < -0.4 is 0 Å². The summed E-state index contributed by atoms with van der Waals surface area (Å²) in [6, 6.07) is 161. The number of aromatic nitrogens is 12. The number of hydrogen-bond acceptors (Lipinski definition) is 15. The summed E-state index contributed by atoms with van der Waals surface area (Å²) in [5.74, 6) is 7.45. The van der Waals surface area contributed by atoms with Gasteiger partial charge >= 0.3 is 0 Å². The molecule has 0 radical (unpaired) electrons. The van der Waals surface area contributed by atoms with E-state index < -0.39 is 0 Å². The Labute approximate surface area is 809 Å². The number of benzene rings is 21. The highest BCUT2D eigenvalue weighted by Gasteiger charge is 2.24. The van der Waals surface area contributed by atoms with Gasteiger partial charge in [-0.1, -0.05) is 388 Å². The lowest BCUT2D eigenvalue weighted by molar-refractivity contribution is 0.623. The summed E-state index contributed by atoms with van der Waals surface area (Å²) >= 11 is 0. The van der Waals surface area contributed by atoms with Crippen LogP contribution in [0.5, 0.6) is 0 Å². The summed E-state index contributed by atoms with van der Waals surface area (Å²) in [4.78, 5) is 59.3. The number of oxazole rings is 3. The fraction of sp³-hybridized carbons (Fsp3) is 0. The van der Waals surface area contributed by atoms with Crippen molar-refractivity contribution in [2.45, 2.75) is 0 Å². The maximum absolute atomic E-state index is 6.47. The predicted octanol–water partition coefficient (Wildman–Crippen LogP) is 32.0. The lowest BCUT2D eigenvalue weighted by Gasteiger charge is -2.11. The van der Waals surface area contributed by atoms with E-state index in [2.05, 4.69) is 231 Å². The first kappa shape index (κ1) is 83.4. The molecule has 0 bridgehead atoms. The van der Waals surface area contributed by atoms with E-state index in [4.69, 9.17) is 73.1 Å². The van der Waals surface area contributed by atoms with E-state index >= 15 is 0 Å². The van der Waals surface area contributed by atoms with Crippen molar-refractivity contribution >= 4 is 97.9 Å². The van der Waals surface area contributed by atoms with E-state index in [1.165, 1.54) is 5.56 Å². The van der Waals surface area contributed by atoms with Crippen LogP contribution in [0.1, 0.15) is 0 Å². The van der Waals surface area contributed by atoms with Crippen LogP contribution in [0.25, 0.3) is 268 Å². The average Bonchev–Trinajstić information content (AvgIpc) is 1.67. The van der Waals surface area contributed by atoms with Gasteiger partial charge in [-0.05, 0) is 167 Å². The number of rotatable bonds is 15. The third-order valence-electron chi connectivity index (χ3n) is 25.6. The van der Waals surface area contributed by atoms with Crippen LogP contribution in [-0.4, -0.2) is 59.8 Å². The molecule has 0 saturated carbocycles. The van der Waals surface area contributed by atoms with Crippen LogP contribution in [0.2, 0.25) is 0 Å². The maximum atomic E-state index is 6.47. The Kier molecular flexibility index (Phi) is 21.6. The minimum Gasteiger partial charge on any atom is -0.435 e. The van der Waals surface area contributed by atoms with E-state index in [9.17, 15) is 0 Å². The van der Waals surface area contributed by atoms with Crippen LogP contribution >= 0.6 is 0 Å². The van der Waals surface area contributed by atoms with Crippen LogP contribution in [0, 0.1) is 0 Å². The van der Waals surface area contributed by atoms with Crippen molar-refractivity contribution in [3.63, 3.8) is 0 Å². The lowest BCUT2D eigenvalue weighted by Crippen LogP contribution is -2.00. The van der Waals surface area contributed by atoms with Gasteiger partial charge in [0, 0.05) is 82.9 Å². The molecule has 0 amide bonds. The molecule has 0 aliphatic carbocycles. The largest absolute Gasteiger partial charge is 0.435 e. The molecule has 27 rings (SSSR count). The summed E-state index contributed by atoms with van der Waals surface area (Å²) in [6.07, 6.45) is 0. The zero-order chi connectivity index (χ0) is 93.5. The summed E-state index contributed by atoms with van der Waals surface area (Å²) in [5.41, 5.74) is 22.7. The minimum atomic E-state index is 0.604. The SMILES string of the molecule is c1ccc(-c2ccc(-c3nc(-c4ccccc4)nc(-c4ccc5ccc6ccc7nc(-c8ccccc8)oc7c6c5c4)n3)cc2)cc1.c1ccc(-c2cccc(-c3nc(-c4ccccc4)nc(-c4ccc5ccc6ccc7nc(-c8ccccc8)oc7c6c5c4)n3)c2)cc1.c1ccc(-c2nc(-c3ccccc3)nc(-c3cccc(-c4ccc5ccc6ccc7nc(-c8ccccc8)oc7c6c5c4)c3)n2)cc1. The van der Waals surface area contributed by atoms with Crippen molar-refractivity contribution in [3.8, 4) is 170 Å². The molecule has 27 aromatic rings. The van der Waals surface area contributed by atoms with Crippen molar-refractivity contribution in [3.05, 3.63) is 473 Å². The molecule has 0 aliphatic rings. The summed E-state index contributed by atoms with van der Waals surface area (Å²) in [5, 5.41) is 12.9. The monoisotopic (exact) mass is 1810 g/mol. The predicted molar refractivity (Wildman–Crippen MR) is 569 cm³/mol. The van der Waals surface area contributed by atoms with E-state index in [0.717, 1.165) is 193 Å². The first-order valence-corrected chi connectivity index (χ1v) is 46.7. The molecule has 660 valence electrons. The van der Waals surface area contributed by atoms with Gasteiger partial charge < -0.3 is 13.3 Å². The molecular weight excluding hydrogens is 1730 g/mol. The van der Waals surface area contributed by atoms with Crippen LogP contribution in [-0.2, 0) is 0 Å². The number of hydrogen-bond donors (Lipinski definition) is 0. The molecule has 21 aromatic carbocycles. The second-order valence-electron chi connectivity index (χ2n) is 34.5. The Balaban J connectivity index is 0.000000111. The Morgan fingerprint density at radius 2 is 0.298 bits per heavy atom. The third-order valence-corrected chi connectivity index (χ3v) is 25.6. The van der Waals surface area contributed by atoms with Gasteiger partial charge in [-0.3, -0.25) is 0 Å². The van der Waals surface area contributed by atoms with Gasteiger partial charge in [0.15, 0.2) is 69.2 Å². The zero-order valence-corrected chi connectivity index (χ0v) is 75.6. The highest BCUT2D eigenvalue weighted by Crippen LogP contribution is 2.44. The molecular formula is C126H78N12O3. The molecule has 6 heterocycles. The molecule has 0 atom stereocenters. The van der Waals surface area contributed by atoms with Crippen molar-refractivity contribution in [1.82, 2.24) is 59.8 Å². The van der Waals surface area contributed by atoms with E-state index in [-0.39, 0.29) is 0 Å². The van der Waals surface area contributed by atoms with Crippen molar-refractivity contribution in [1.29, 1.82) is 0 Å². The van der Waals surface area contributed by atoms with Gasteiger partial charge in [0.1, 0.15) is 16.6 Å². The Hall–Kier alpha value is -19.4. The molecule has 141 heavy (non-hydrogen) atoms. The minimum absolute atomic E-state index is 0.604. The molecule has 0 N–H and O–H groups in total. The van der Waals surface area contributed by atoms with Crippen molar-refractivity contribution in [2.24, 2.45) is 0 Å². The highest BCUT2D eigenvalue weighted by atomic mass is 16.4. The molecule has 0 fully saturated rings. The van der Waals surface area contributed by atoms with Gasteiger partial charge in [0.05, 0.1) is 0 Å². The van der Waals surface area contributed by atoms with Gasteiger partial charge in [0.25, 0.3) is 0 Å². The fourth-order valence-corrected chi connectivity index (χ4v) is 18.5. The summed E-state index contributed by atoms with van der Waals surface area (Å²) in [7, 11) is 0.